The van der Waals surface area contributed by atoms with Crippen LogP contribution in [0.15, 0.2) is 91.0 Å². The van der Waals surface area contributed by atoms with Crippen LogP contribution in [-0.4, -0.2) is 0 Å². The quantitative estimate of drug-likeness (QED) is 0.619. The van der Waals surface area contributed by atoms with Gasteiger partial charge in [-0.25, -0.2) is 0 Å². The Morgan fingerprint density at radius 1 is 0.545 bits per heavy atom. The monoisotopic (exact) mass is 316 g/mol. The van der Waals surface area contributed by atoms with E-state index in [1.165, 1.54) is 24.3 Å². The number of hydrogen-bond donors (Lipinski definition) is 0. The van der Waals surface area contributed by atoms with Crippen molar-refractivity contribution in [1.82, 2.24) is 0 Å². The van der Waals surface area contributed by atoms with Crippen molar-refractivity contribution in [3.05, 3.63) is 91.0 Å². The molecule has 0 aliphatic carbocycles. The van der Waals surface area contributed by atoms with Crippen LogP contribution in [0.4, 0.5) is 8.39 Å². The van der Waals surface area contributed by atoms with E-state index in [2.05, 4.69) is 0 Å². The van der Waals surface area contributed by atoms with Crippen molar-refractivity contribution < 1.29 is 12.9 Å². The SMILES string of the molecule is FP(F)(Oc1ccccc1)(c1ccccc1)c1ccccc1. The Morgan fingerprint density at radius 3 is 1.32 bits per heavy atom. The van der Waals surface area contributed by atoms with Crippen molar-refractivity contribution in [1.29, 1.82) is 0 Å². The van der Waals surface area contributed by atoms with Crippen LogP contribution in [0.1, 0.15) is 0 Å². The van der Waals surface area contributed by atoms with Crippen LogP contribution < -0.4 is 15.1 Å². The molecule has 0 aliphatic heterocycles. The predicted octanol–water partition coefficient (Wildman–Crippen LogP) is 4.95. The van der Waals surface area contributed by atoms with E-state index in [4.69, 9.17) is 4.52 Å². The molecule has 0 atom stereocenters. The van der Waals surface area contributed by atoms with Crippen LogP contribution in [0, 0.1) is 0 Å². The fourth-order valence-electron chi connectivity index (χ4n) is 2.27. The zero-order chi connectivity index (χ0) is 15.5. The summed E-state index contributed by atoms with van der Waals surface area (Å²) in [4.78, 5) is 0. The maximum absolute atomic E-state index is 15.9. The van der Waals surface area contributed by atoms with Gasteiger partial charge in [0.05, 0.1) is 0 Å². The van der Waals surface area contributed by atoms with Crippen molar-refractivity contribution in [3.63, 3.8) is 0 Å². The van der Waals surface area contributed by atoms with Gasteiger partial charge < -0.3 is 0 Å². The summed E-state index contributed by atoms with van der Waals surface area (Å²) >= 11 is 0. The minimum atomic E-state index is -5.74. The normalized spacial score (nSPS) is 13.1. The first-order chi connectivity index (χ1) is 10.6. The summed E-state index contributed by atoms with van der Waals surface area (Å²) in [6, 6.07) is 23.8. The standard InChI is InChI=1S/C18H15F2OP/c19-22(20,17-12-6-2-7-13-17,18-14-8-3-9-15-18)21-16-10-4-1-5-11-16/h1-15H. The van der Waals surface area contributed by atoms with Gasteiger partial charge in [0.2, 0.25) is 0 Å². The Balaban J connectivity index is 2.19. The van der Waals surface area contributed by atoms with Gasteiger partial charge in [0.15, 0.2) is 0 Å². The molecule has 0 N–H and O–H groups in total. The van der Waals surface area contributed by atoms with Crippen molar-refractivity contribution in [2.75, 3.05) is 0 Å². The minimum absolute atomic E-state index is 0.0800. The van der Waals surface area contributed by atoms with Gasteiger partial charge in [0.1, 0.15) is 0 Å². The summed E-state index contributed by atoms with van der Waals surface area (Å²) < 4.78 is 37.1. The number of para-hydroxylation sites is 1. The van der Waals surface area contributed by atoms with Gasteiger partial charge in [-0.05, 0) is 0 Å². The summed E-state index contributed by atoms with van der Waals surface area (Å²) in [6.07, 6.45) is 0. The molecule has 3 rings (SSSR count). The van der Waals surface area contributed by atoms with Crippen LogP contribution >= 0.6 is 7.45 Å². The first kappa shape index (κ1) is 14.7. The number of benzene rings is 3. The molecule has 0 spiro atoms. The molecule has 0 saturated carbocycles. The molecule has 0 aromatic heterocycles. The molecular formula is C18H15F2OP. The van der Waals surface area contributed by atoms with Crippen molar-refractivity contribution >= 4 is 18.1 Å². The summed E-state index contributed by atoms with van der Waals surface area (Å²) in [7, 11) is -5.74. The maximum atomic E-state index is 15.9. The van der Waals surface area contributed by atoms with E-state index >= 15 is 8.39 Å². The van der Waals surface area contributed by atoms with E-state index in [9.17, 15) is 0 Å². The average molecular weight is 316 g/mol. The third kappa shape index (κ3) is 2.60. The molecule has 0 amide bonds. The van der Waals surface area contributed by atoms with Gasteiger partial charge in [-0.15, -0.1) is 0 Å². The zero-order valence-electron chi connectivity index (χ0n) is 11.8. The Labute approximate surface area is 128 Å². The second kappa shape index (κ2) is 5.51. The topological polar surface area (TPSA) is 9.23 Å². The molecule has 0 unspecified atom stereocenters. The van der Waals surface area contributed by atoms with Crippen LogP contribution in [0.5, 0.6) is 5.75 Å². The van der Waals surface area contributed by atoms with Crippen LogP contribution in [0.2, 0.25) is 0 Å². The molecule has 1 nitrogen and oxygen atoms in total. The summed E-state index contributed by atoms with van der Waals surface area (Å²) in [5.74, 6) is 0.165. The first-order valence-electron chi connectivity index (χ1n) is 6.90. The zero-order valence-corrected chi connectivity index (χ0v) is 12.7. The van der Waals surface area contributed by atoms with E-state index in [0.717, 1.165) is 0 Å². The number of halogens is 2. The van der Waals surface area contributed by atoms with E-state index in [0.29, 0.717) is 0 Å². The fraction of sp³-hybridized carbons (Fsp3) is 0. The van der Waals surface area contributed by atoms with Crippen LogP contribution in [0.25, 0.3) is 0 Å². The summed E-state index contributed by atoms with van der Waals surface area (Å²) in [5.41, 5.74) is 0. The summed E-state index contributed by atoms with van der Waals surface area (Å²) in [6.45, 7) is 0. The third-order valence-corrected chi connectivity index (χ3v) is 6.23. The van der Waals surface area contributed by atoms with E-state index in [1.807, 2.05) is 0 Å². The Bertz CT molecular complexity index is 702. The van der Waals surface area contributed by atoms with Crippen molar-refractivity contribution in [3.8, 4) is 5.75 Å². The number of hydrogen-bond acceptors (Lipinski definition) is 1. The molecule has 3 aromatic carbocycles. The second-order valence-electron chi connectivity index (χ2n) is 4.91. The average Bonchev–Trinajstić information content (AvgIpc) is 2.57. The molecule has 0 bridgehead atoms. The van der Waals surface area contributed by atoms with Gasteiger partial charge in [-0.3, -0.25) is 0 Å². The Morgan fingerprint density at radius 2 is 0.909 bits per heavy atom. The first-order valence-corrected chi connectivity index (χ1v) is 8.84. The second-order valence-corrected chi connectivity index (χ2v) is 7.79. The fourth-order valence-corrected chi connectivity index (χ4v) is 4.61. The molecule has 0 aliphatic rings. The molecule has 4 heteroatoms. The van der Waals surface area contributed by atoms with Gasteiger partial charge >= 0.3 is 128 Å². The predicted molar refractivity (Wildman–Crippen MR) is 88.4 cm³/mol. The van der Waals surface area contributed by atoms with Crippen molar-refractivity contribution in [2.24, 2.45) is 0 Å². The van der Waals surface area contributed by atoms with Gasteiger partial charge in [-0.1, -0.05) is 0 Å². The van der Waals surface area contributed by atoms with Gasteiger partial charge in [-0.2, -0.15) is 0 Å². The molecule has 112 valence electrons. The molecule has 0 saturated heterocycles. The van der Waals surface area contributed by atoms with Crippen LogP contribution in [0.3, 0.4) is 0 Å². The Hall–Kier alpha value is -2.25. The van der Waals surface area contributed by atoms with E-state index in [1.54, 1.807) is 66.7 Å². The summed E-state index contributed by atoms with van der Waals surface area (Å²) in [5, 5.41) is -0.160. The third-order valence-electron chi connectivity index (χ3n) is 3.38. The van der Waals surface area contributed by atoms with Crippen LogP contribution in [-0.2, 0) is 0 Å². The van der Waals surface area contributed by atoms with Crippen molar-refractivity contribution in [2.45, 2.75) is 0 Å². The van der Waals surface area contributed by atoms with Gasteiger partial charge in [0, 0.05) is 0 Å². The molecular weight excluding hydrogens is 301 g/mol. The molecule has 0 radical (unpaired) electrons. The number of rotatable bonds is 4. The van der Waals surface area contributed by atoms with E-state index in [-0.39, 0.29) is 16.4 Å². The molecule has 22 heavy (non-hydrogen) atoms. The molecule has 3 aromatic rings. The molecule has 0 fully saturated rings. The Kier molecular flexibility index (Phi) is 3.67. The van der Waals surface area contributed by atoms with Gasteiger partial charge in [0.25, 0.3) is 0 Å². The molecule has 0 heterocycles. The van der Waals surface area contributed by atoms with E-state index < -0.39 is 7.45 Å².